The molecule has 0 saturated carbocycles. The maximum Gasteiger partial charge on any atom is 0.301 e. The van der Waals surface area contributed by atoms with E-state index in [-0.39, 0.29) is 12.2 Å². The molecular weight excluding hydrogens is 477 g/mol. The number of amides is 1. The Morgan fingerprint density at radius 2 is 1.94 bits per heavy atom. The monoisotopic (exact) mass is 501 g/mol. The van der Waals surface area contributed by atoms with Crippen LogP contribution in [0, 0.1) is 5.82 Å². The Labute approximate surface area is 202 Å². The Kier molecular flexibility index (Phi) is 6.39. The van der Waals surface area contributed by atoms with Crippen LogP contribution in [0.25, 0.3) is 5.65 Å². The molecule has 1 amide bonds. The molecule has 0 bridgehead atoms. The van der Waals surface area contributed by atoms with Gasteiger partial charge in [-0.05, 0) is 30.2 Å². The number of morpholine rings is 1. The molecule has 4 heterocycles. The molecule has 5 rings (SSSR count). The van der Waals surface area contributed by atoms with Crippen LogP contribution in [0.1, 0.15) is 22.5 Å². The summed E-state index contributed by atoms with van der Waals surface area (Å²) in [5.74, 6) is -1.45. The molecule has 3 aromatic rings. The normalized spacial score (nSPS) is 18.3. The third-order valence-corrected chi connectivity index (χ3v) is 7.53. The van der Waals surface area contributed by atoms with E-state index in [1.165, 1.54) is 28.7 Å². The van der Waals surface area contributed by atoms with E-state index < -0.39 is 39.7 Å². The Hall–Kier alpha value is -3.51. The van der Waals surface area contributed by atoms with Crippen LogP contribution < -0.4 is 20.1 Å². The van der Waals surface area contributed by atoms with Gasteiger partial charge in [-0.2, -0.15) is 0 Å². The lowest BCUT2D eigenvalue weighted by molar-refractivity contribution is 0.0942. The standard InChI is InChI=1S/C23H24FN5O5S/c24-16-4-2-15(3-5-16)13-25-22(31)19-20(30)23(32)28-14-17(27-7-9-34-10-8-27)12-18(21(28)26-19)29-6-1-11-35(29)33/h2-5,12,14,30H,1,6-11,13H2,(H,25,31). The van der Waals surface area contributed by atoms with Gasteiger partial charge in [0.15, 0.2) is 11.3 Å². The van der Waals surface area contributed by atoms with Crippen molar-refractivity contribution in [2.24, 2.45) is 0 Å². The van der Waals surface area contributed by atoms with Gasteiger partial charge in [-0.25, -0.2) is 13.6 Å². The lowest BCUT2D eigenvalue weighted by atomic mass is 10.2. The molecule has 10 nitrogen and oxygen atoms in total. The molecule has 1 atom stereocenters. The number of pyridine rings is 1. The number of hydrogen-bond acceptors (Lipinski definition) is 7. The predicted octanol–water partition coefficient (Wildman–Crippen LogP) is 1.18. The lowest BCUT2D eigenvalue weighted by Gasteiger charge is -2.30. The molecule has 1 aromatic carbocycles. The number of rotatable bonds is 5. The number of carbonyl (C=O) groups excluding carboxylic acids is 1. The fourth-order valence-electron chi connectivity index (χ4n) is 4.18. The summed E-state index contributed by atoms with van der Waals surface area (Å²) in [7, 11) is -1.30. The largest absolute Gasteiger partial charge is 0.501 e. The lowest BCUT2D eigenvalue weighted by Crippen LogP contribution is -2.37. The number of hydrogen-bond donors (Lipinski definition) is 2. The van der Waals surface area contributed by atoms with Crippen molar-refractivity contribution in [2.45, 2.75) is 13.0 Å². The van der Waals surface area contributed by atoms with E-state index in [0.29, 0.717) is 62.0 Å². The molecule has 35 heavy (non-hydrogen) atoms. The van der Waals surface area contributed by atoms with E-state index in [2.05, 4.69) is 10.3 Å². The zero-order chi connectivity index (χ0) is 24.5. The van der Waals surface area contributed by atoms with Crippen LogP contribution >= 0.6 is 0 Å². The van der Waals surface area contributed by atoms with Gasteiger partial charge in [0.25, 0.3) is 5.91 Å². The molecule has 184 valence electrons. The molecule has 2 aromatic heterocycles. The van der Waals surface area contributed by atoms with Gasteiger partial charge in [-0.15, -0.1) is 0 Å². The smallest absolute Gasteiger partial charge is 0.301 e. The number of carbonyl (C=O) groups is 1. The average Bonchev–Trinajstić information content (AvgIpc) is 3.31. The van der Waals surface area contributed by atoms with Crippen LogP contribution in [0.15, 0.2) is 41.3 Å². The van der Waals surface area contributed by atoms with Crippen LogP contribution in [0.3, 0.4) is 0 Å². The van der Waals surface area contributed by atoms with Gasteiger partial charge in [0.05, 0.1) is 24.6 Å². The average molecular weight is 502 g/mol. The molecule has 2 N–H and O–H groups in total. The molecule has 2 fully saturated rings. The van der Waals surface area contributed by atoms with Gasteiger partial charge in [0.1, 0.15) is 16.8 Å². The molecule has 2 saturated heterocycles. The Morgan fingerprint density at radius 3 is 2.63 bits per heavy atom. The highest BCUT2D eigenvalue weighted by Crippen LogP contribution is 2.31. The van der Waals surface area contributed by atoms with Crippen LogP contribution in [0.5, 0.6) is 5.75 Å². The van der Waals surface area contributed by atoms with Crippen molar-refractivity contribution < 1.29 is 23.2 Å². The minimum atomic E-state index is -1.30. The zero-order valence-electron chi connectivity index (χ0n) is 18.8. The van der Waals surface area contributed by atoms with E-state index >= 15 is 0 Å². The van der Waals surface area contributed by atoms with Crippen LogP contribution in [-0.2, 0) is 22.3 Å². The highest BCUT2D eigenvalue weighted by Gasteiger charge is 2.28. The first-order valence-corrected chi connectivity index (χ1v) is 12.5. The SMILES string of the molecule is O=C(NCc1ccc(F)cc1)c1nc2c(N3CCCS3=O)cc(N3CCOCC3)cn2c(=O)c1O. The summed E-state index contributed by atoms with van der Waals surface area (Å²) >= 11 is 0. The predicted molar refractivity (Wildman–Crippen MR) is 129 cm³/mol. The fourth-order valence-corrected chi connectivity index (χ4v) is 5.46. The van der Waals surface area contributed by atoms with E-state index in [4.69, 9.17) is 4.74 Å². The van der Waals surface area contributed by atoms with Gasteiger partial charge >= 0.3 is 5.56 Å². The van der Waals surface area contributed by atoms with Gasteiger partial charge in [0.2, 0.25) is 5.75 Å². The molecular formula is C23H24FN5O5S. The van der Waals surface area contributed by atoms with Crippen molar-refractivity contribution in [1.82, 2.24) is 14.7 Å². The Bertz CT molecular complexity index is 1360. The minimum Gasteiger partial charge on any atom is -0.501 e. The molecule has 0 spiro atoms. The molecule has 0 radical (unpaired) electrons. The first-order valence-electron chi connectivity index (χ1n) is 11.2. The van der Waals surface area contributed by atoms with E-state index in [9.17, 15) is 23.3 Å². The first-order chi connectivity index (χ1) is 16.9. The van der Waals surface area contributed by atoms with Gasteiger partial charge in [-0.3, -0.25) is 18.3 Å². The molecule has 2 aliphatic rings. The van der Waals surface area contributed by atoms with Gasteiger partial charge < -0.3 is 20.1 Å². The molecule has 0 aliphatic carbocycles. The fraction of sp³-hybridized carbons (Fsp3) is 0.348. The number of ether oxygens (including phenoxy) is 1. The quantitative estimate of drug-likeness (QED) is 0.539. The maximum atomic E-state index is 13.2. The van der Waals surface area contributed by atoms with Crippen LogP contribution in [-0.4, -0.2) is 63.2 Å². The zero-order valence-corrected chi connectivity index (χ0v) is 19.6. The van der Waals surface area contributed by atoms with Gasteiger partial charge in [0, 0.05) is 38.1 Å². The maximum absolute atomic E-state index is 13.2. The molecule has 2 aliphatic heterocycles. The third kappa shape index (κ3) is 4.58. The summed E-state index contributed by atoms with van der Waals surface area (Å²) in [4.78, 5) is 32.4. The van der Waals surface area contributed by atoms with Crippen LogP contribution in [0.4, 0.5) is 15.8 Å². The summed E-state index contributed by atoms with van der Waals surface area (Å²) in [6.45, 7) is 2.87. The number of nitrogens with one attached hydrogen (secondary N) is 1. The highest BCUT2D eigenvalue weighted by molar-refractivity contribution is 7.86. The molecule has 12 heteroatoms. The summed E-state index contributed by atoms with van der Waals surface area (Å²) in [6.07, 6.45) is 2.28. The number of nitrogens with zero attached hydrogens (tertiary/aromatic N) is 4. The number of anilines is 2. The second kappa shape index (κ2) is 9.62. The van der Waals surface area contributed by atoms with Crippen molar-refractivity contribution >= 4 is 33.9 Å². The number of aromatic hydroxyl groups is 1. The summed E-state index contributed by atoms with van der Waals surface area (Å²) < 4.78 is 34.1. The van der Waals surface area contributed by atoms with Crippen LogP contribution in [0.2, 0.25) is 0 Å². The number of aromatic nitrogens is 2. The number of halogens is 1. The number of benzene rings is 1. The first kappa shape index (κ1) is 23.2. The second-order valence-corrected chi connectivity index (χ2v) is 9.77. The summed E-state index contributed by atoms with van der Waals surface area (Å²) in [5, 5.41) is 13.2. The molecule has 1 unspecified atom stereocenters. The summed E-state index contributed by atoms with van der Waals surface area (Å²) in [6, 6.07) is 7.40. The van der Waals surface area contributed by atoms with Crippen molar-refractivity contribution in [1.29, 1.82) is 0 Å². The number of fused-ring (bicyclic) bond motifs is 1. The highest BCUT2D eigenvalue weighted by atomic mass is 32.2. The van der Waals surface area contributed by atoms with Crippen molar-refractivity contribution in [3.05, 3.63) is 64.0 Å². The van der Waals surface area contributed by atoms with E-state index in [1.54, 1.807) is 10.5 Å². The third-order valence-electron chi connectivity index (χ3n) is 6.02. The Morgan fingerprint density at radius 1 is 1.20 bits per heavy atom. The van der Waals surface area contributed by atoms with Crippen molar-refractivity contribution in [3.63, 3.8) is 0 Å². The van der Waals surface area contributed by atoms with Crippen molar-refractivity contribution in [3.8, 4) is 5.75 Å². The van der Waals surface area contributed by atoms with E-state index in [0.717, 1.165) is 0 Å². The van der Waals surface area contributed by atoms with Crippen molar-refractivity contribution in [2.75, 3.05) is 47.8 Å². The topological polar surface area (TPSA) is 116 Å². The van der Waals surface area contributed by atoms with E-state index in [1.807, 2.05) is 11.0 Å². The minimum absolute atomic E-state index is 0.0541. The second-order valence-electron chi connectivity index (χ2n) is 8.28. The Balaban J connectivity index is 1.56. The summed E-state index contributed by atoms with van der Waals surface area (Å²) in [5.41, 5.74) is 0.698. The van der Waals surface area contributed by atoms with Gasteiger partial charge in [-0.1, -0.05) is 12.1 Å².